The highest BCUT2D eigenvalue weighted by Crippen LogP contribution is 2.28. The minimum Gasteiger partial charge on any atom is -0.481 e. The highest BCUT2D eigenvalue weighted by atomic mass is 16.4. The van der Waals surface area contributed by atoms with Crippen molar-refractivity contribution in [1.82, 2.24) is 14.5 Å². The van der Waals surface area contributed by atoms with E-state index < -0.39 is 5.97 Å². The van der Waals surface area contributed by atoms with E-state index in [1.165, 1.54) is 0 Å². The van der Waals surface area contributed by atoms with Crippen LogP contribution in [0.1, 0.15) is 31.2 Å². The molecule has 1 unspecified atom stereocenters. The number of hydrogen-bond acceptors (Lipinski definition) is 3. The molecule has 3 heterocycles. The number of rotatable bonds is 5. The fourth-order valence-electron chi connectivity index (χ4n) is 3.95. The molecule has 1 N–H and O–H groups in total. The van der Waals surface area contributed by atoms with Crippen LogP contribution in [0.4, 0.5) is 0 Å². The number of nitrogens with zero attached hydrogens (tertiary/aromatic N) is 3. The fourth-order valence-corrected chi connectivity index (χ4v) is 3.95. The minimum atomic E-state index is -0.868. The second kappa shape index (κ2) is 8.31. The van der Waals surface area contributed by atoms with Crippen molar-refractivity contribution in [2.24, 2.45) is 0 Å². The predicted molar refractivity (Wildman–Crippen MR) is 111 cm³/mol. The molecule has 0 bridgehead atoms. The zero-order valence-corrected chi connectivity index (χ0v) is 16.1. The number of aromatic nitrogens is 2. The summed E-state index contributed by atoms with van der Waals surface area (Å²) >= 11 is 0. The third-order valence-electron chi connectivity index (χ3n) is 5.34. The third kappa shape index (κ3) is 4.06. The molecule has 0 aliphatic carbocycles. The van der Waals surface area contributed by atoms with Gasteiger partial charge in [0.05, 0.1) is 11.9 Å². The van der Waals surface area contributed by atoms with Crippen LogP contribution in [0.3, 0.4) is 0 Å². The maximum Gasteiger partial charge on any atom is 0.305 e. The van der Waals surface area contributed by atoms with Gasteiger partial charge in [0, 0.05) is 36.0 Å². The number of pyridine rings is 1. The second-order valence-electron chi connectivity index (χ2n) is 7.27. The van der Waals surface area contributed by atoms with Gasteiger partial charge in [0.25, 0.3) is 0 Å². The van der Waals surface area contributed by atoms with E-state index in [9.17, 15) is 9.59 Å². The molecule has 29 heavy (non-hydrogen) atoms. The van der Waals surface area contributed by atoms with E-state index in [1.54, 1.807) is 21.6 Å². The van der Waals surface area contributed by atoms with Crippen molar-refractivity contribution in [3.63, 3.8) is 0 Å². The molecule has 148 valence electrons. The normalized spacial score (nSPS) is 17.1. The van der Waals surface area contributed by atoms with Crippen molar-refractivity contribution < 1.29 is 14.7 Å². The van der Waals surface area contributed by atoms with Gasteiger partial charge in [0.2, 0.25) is 5.91 Å². The lowest BCUT2D eigenvalue weighted by Gasteiger charge is -2.34. The molecule has 3 aromatic rings. The molecule has 1 fully saturated rings. The van der Waals surface area contributed by atoms with E-state index >= 15 is 0 Å². The third-order valence-corrected chi connectivity index (χ3v) is 5.34. The topological polar surface area (TPSA) is 74.9 Å². The predicted octanol–water partition coefficient (Wildman–Crippen LogP) is 3.87. The SMILES string of the molecule is O=C(O)CC1CCCCN1C(=O)/C=C/c1c(-c2ccccc2)nn2ccccc12. The molecule has 0 radical (unpaired) electrons. The molecule has 6 heteroatoms. The fraction of sp³-hybridized carbons (Fsp3) is 0.261. The van der Waals surface area contributed by atoms with E-state index in [2.05, 4.69) is 0 Å². The van der Waals surface area contributed by atoms with Gasteiger partial charge in [-0.25, -0.2) is 4.52 Å². The van der Waals surface area contributed by atoms with Gasteiger partial charge in [0.15, 0.2) is 0 Å². The molecule has 4 rings (SSSR count). The molecule has 2 aromatic heterocycles. The molecule has 0 spiro atoms. The Hall–Kier alpha value is -3.41. The Balaban J connectivity index is 1.67. The molecule has 1 aliphatic rings. The average Bonchev–Trinajstić information content (AvgIpc) is 3.11. The lowest BCUT2D eigenvalue weighted by atomic mass is 9.99. The number of carbonyl (C=O) groups is 2. The summed E-state index contributed by atoms with van der Waals surface area (Å²) in [5, 5.41) is 13.8. The number of aliphatic carboxylic acids is 1. The number of fused-ring (bicyclic) bond motifs is 1. The van der Waals surface area contributed by atoms with Crippen molar-refractivity contribution >= 4 is 23.5 Å². The van der Waals surface area contributed by atoms with Crippen molar-refractivity contribution in [3.05, 3.63) is 66.4 Å². The Labute approximate surface area is 169 Å². The Morgan fingerprint density at radius 3 is 2.69 bits per heavy atom. The van der Waals surface area contributed by atoms with E-state index in [0.717, 1.165) is 41.6 Å². The van der Waals surface area contributed by atoms with E-state index in [4.69, 9.17) is 10.2 Å². The van der Waals surface area contributed by atoms with Crippen molar-refractivity contribution in [1.29, 1.82) is 0 Å². The molecule has 6 nitrogen and oxygen atoms in total. The van der Waals surface area contributed by atoms with Crippen LogP contribution in [0, 0.1) is 0 Å². The van der Waals surface area contributed by atoms with Crippen LogP contribution >= 0.6 is 0 Å². The number of carboxylic acids is 1. The molecular formula is C23H23N3O3. The van der Waals surface area contributed by atoms with Crippen LogP contribution in [-0.2, 0) is 9.59 Å². The van der Waals surface area contributed by atoms with Crippen molar-refractivity contribution in [3.8, 4) is 11.3 Å². The summed E-state index contributed by atoms with van der Waals surface area (Å²) in [5.74, 6) is -1.02. The van der Waals surface area contributed by atoms with Crippen LogP contribution in [0.5, 0.6) is 0 Å². The lowest BCUT2D eigenvalue weighted by Crippen LogP contribution is -2.44. The van der Waals surface area contributed by atoms with E-state index in [1.807, 2.05) is 54.7 Å². The standard InChI is InChI=1S/C23H23N3O3/c27-21(25-14-6-4-10-18(25)16-22(28)29)13-12-19-20-11-5-7-15-26(20)24-23(19)17-8-2-1-3-9-17/h1-3,5,7-9,11-13,15,18H,4,6,10,14,16H2,(H,28,29)/b13-12+. The Bertz CT molecular complexity index is 1060. The van der Waals surface area contributed by atoms with Gasteiger partial charge in [-0.2, -0.15) is 5.10 Å². The maximum atomic E-state index is 12.9. The van der Waals surface area contributed by atoms with Gasteiger partial charge in [-0.3, -0.25) is 9.59 Å². The smallest absolute Gasteiger partial charge is 0.305 e. The van der Waals surface area contributed by atoms with Gasteiger partial charge in [-0.05, 0) is 37.5 Å². The summed E-state index contributed by atoms with van der Waals surface area (Å²) in [6, 6.07) is 15.5. The number of piperidine rings is 1. The number of carbonyl (C=O) groups excluding carboxylic acids is 1. The van der Waals surface area contributed by atoms with Gasteiger partial charge in [0.1, 0.15) is 5.69 Å². The van der Waals surface area contributed by atoms with Crippen LogP contribution < -0.4 is 0 Å². The molecular weight excluding hydrogens is 366 g/mol. The van der Waals surface area contributed by atoms with Crippen LogP contribution in [0.15, 0.2) is 60.8 Å². The monoisotopic (exact) mass is 389 g/mol. The van der Waals surface area contributed by atoms with Gasteiger partial charge < -0.3 is 10.0 Å². The van der Waals surface area contributed by atoms with Gasteiger partial charge >= 0.3 is 5.97 Å². The molecule has 1 aromatic carbocycles. The Kier molecular flexibility index (Phi) is 5.42. The summed E-state index contributed by atoms with van der Waals surface area (Å²) in [5.41, 5.74) is 3.57. The summed E-state index contributed by atoms with van der Waals surface area (Å²) in [7, 11) is 0. The Morgan fingerprint density at radius 2 is 1.90 bits per heavy atom. The van der Waals surface area contributed by atoms with E-state index in [0.29, 0.717) is 6.54 Å². The first kappa shape index (κ1) is 18.9. The average molecular weight is 389 g/mol. The van der Waals surface area contributed by atoms with Gasteiger partial charge in [-0.15, -0.1) is 0 Å². The Morgan fingerprint density at radius 1 is 1.10 bits per heavy atom. The number of likely N-dealkylation sites (tertiary alicyclic amines) is 1. The highest BCUT2D eigenvalue weighted by Gasteiger charge is 2.27. The summed E-state index contributed by atoms with van der Waals surface area (Å²) in [6.07, 6.45) is 7.83. The highest BCUT2D eigenvalue weighted by molar-refractivity contribution is 5.95. The van der Waals surface area contributed by atoms with Crippen molar-refractivity contribution in [2.75, 3.05) is 6.54 Å². The molecule has 0 saturated carbocycles. The number of hydrogen-bond donors (Lipinski definition) is 1. The quantitative estimate of drug-likeness (QED) is 0.672. The molecule has 1 aliphatic heterocycles. The largest absolute Gasteiger partial charge is 0.481 e. The number of benzene rings is 1. The van der Waals surface area contributed by atoms with Crippen LogP contribution in [0.25, 0.3) is 22.9 Å². The first-order valence-electron chi connectivity index (χ1n) is 9.87. The first-order valence-corrected chi connectivity index (χ1v) is 9.87. The summed E-state index contributed by atoms with van der Waals surface area (Å²) in [4.78, 5) is 25.7. The second-order valence-corrected chi connectivity index (χ2v) is 7.27. The molecule has 1 saturated heterocycles. The van der Waals surface area contributed by atoms with Gasteiger partial charge in [-0.1, -0.05) is 36.4 Å². The number of carboxylic acid groups (broad SMARTS) is 1. The summed E-state index contributed by atoms with van der Waals surface area (Å²) in [6.45, 7) is 0.599. The lowest BCUT2D eigenvalue weighted by molar-refractivity contribution is -0.140. The van der Waals surface area contributed by atoms with E-state index in [-0.39, 0.29) is 18.4 Å². The maximum absolute atomic E-state index is 12.9. The zero-order chi connectivity index (χ0) is 20.2. The van der Waals surface area contributed by atoms with Crippen LogP contribution in [0.2, 0.25) is 0 Å². The minimum absolute atomic E-state index is 0.00837. The first-order chi connectivity index (χ1) is 14.1. The van der Waals surface area contributed by atoms with Crippen molar-refractivity contribution in [2.45, 2.75) is 31.7 Å². The molecule has 1 amide bonds. The number of amides is 1. The van der Waals surface area contributed by atoms with Crippen LogP contribution in [-0.4, -0.2) is 44.1 Å². The summed E-state index contributed by atoms with van der Waals surface area (Å²) < 4.78 is 1.81. The zero-order valence-electron chi connectivity index (χ0n) is 16.1. The molecule has 1 atom stereocenters.